The van der Waals surface area contributed by atoms with Crippen molar-refractivity contribution < 1.29 is 14.3 Å². The lowest BCUT2D eigenvalue weighted by Crippen LogP contribution is -2.09. The number of hydrogen-bond donors (Lipinski definition) is 0. The zero-order chi connectivity index (χ0) is 13.4. The van der Waals surface area contributed by atoms with E-state index in [9.17, 15) is 4.79 Å². The normalized spacial score (nSPS) is 15.1. The summed E-state index contributed by atoms with van der Waals surface area (Å²) in [6.07, 6.45) is 1.98. The number of rotatable bonds is 4. The second-order valence-electron chi connectivity index (χ2n) is 3.95. The zero-order valence-electron chi connectivity index (χ0n) is 11.0. The van der Waals surface area contributed by atoms with Crippen LogP contribution in [-0.2, 0) is 14.3 Å². The molecular weight excluding hydrogens is 308 g/mol. The summed E-state index contributed by atoms with van der Waals surface area (Å²) >= 11 is 0. The van der Waals surface area contributed by atoms with Gasteiger partial charge in [0.05, 0.1) is 6.61 Å². The van der Waals surface area contributed by atoms with Crippen molar-refractivity contribution >= 4 is 29.0 Å². The molecule has 1 unspecified atom stereocenters. The van der Waals surface area contributed by atoms with Crippen molar-refractivity contribution in [3.05, 3.63) is 54.6 Å². The Morgan fingerprint density at radius 2 is 2.05 bits per heavy atom. The SMILES string of the molecule is Br.C=C(C)C(=O)OCC1CO1.C=Cc1ccccc1. The van der Waals surface area contributed by atoms with Crippen molar-refractivity contribution in [1.29, 1.82) is 0 Å². The number of halogens is 1. The van der Waals surface area contributed by atoms with Crippen LogP contribution in [-0.4, -0.2) is 25.3 Å². The van der Waals surface area contributed by atoms with Crippen LogP contribution in [0.15, 0.2) is 49.1 Å². The summed E-state index contributed by atoms with van der Waals surface area (Å²) < 4.78 is 9.60. The molecule has 3 nitrogen and oxygen atoms in total. The highest BCUT2D eigenvalue weighted by molar-refractivity contribution is 8.93. The van der Waals surface area contributed by atoms with Gasteiger partial charge in [-0.1, -0.05) is 49.6 Å². The number of epoxide rings is 1. The molecule has 0 aromatic heterocycles. The number of hydrogen-bond acceptors (Lipinski definition) is 3. The molecule has 1 fully saturated rings. The monoisotopic (exact) mass is 326 g/mol. The summed E-state index contributed by atoms with van der Waals surface area (Å²) in [4.78, 5) is 10.7. The summed E-state index contributed by atoms with van der Waals surface area (Å²) in [6.45, 7) is 9.77. The Bertz CT molecular complexity index is 411. The van der Waals surface area contributed by atoms with Gasteiger partial charge in [-0.25, -0.2) is 4.79 Å². The topological polar surface area (TPSA) is 38.8 Å². The largest absolute Gasteiger partial charge is 0.459 e. The van der Waals surface area contributed by atoms with Crippen LogP contribution in [0.1, 0.15) is 12.5 Å². The molecule has 19 heavy (non-hydrogen) atoms. The molecule has 1 saturated heterocycles. The first-order valence-corrected chi connectivity index (χ1v) is 5.75. The minimum Gasteiger partial charge on any atom is -0.459 e. The van der Waals surface area contributed by atoms with Gasteiger partial charge in [0.15, 0.2) is 0 Å². The Morgan fingerprint density at radius 3 is 2.42 bits per heavy atom. The zero-order valence-corrected chi connectivity index (χ0v) is 12.7. The van der Waals surface area contributed by atoms with Crippen molar-refractivity contribution in [2.24, 2.45) is 0 Å². The predicted octanol–water partition coefficient (Wildman–Crippen LogP) is 3.41. The molecule has 0 amide bonds. The van der Waals surface area contributed by atoms with E-state index in [1.807, 2.05) is 36.4 Å². The fourth-order valence-corrected chi connectivity index (χ4v) is 1.05. The summed E-state index contributed by atoms with van der Waals surface area (Å²) in [5.74, 6) is -0.337. The van der Waals surface area contributed by atoms with E-state index in [1.165, 1.54) is 5.56 Å². The maximum Gasteiger partial charge on any atom is 0.333 e. The Labute approximate surface area is 124 Å². The van der Waals surface area contributed by atoms with E-state index in [2.05, 4.69) is 13.2 Å². The molecule has 0 radical (unpaired) electrons. The number of benzene rings is 1. The molecule has 104 valence electrons. The van der Waals surface area contributed by atoms with Crippen molar-refractivity contribution in [2.75, 3.05) is 13.2 Å². The third-order valence-corrected chi connectivity index (χ3v) is 2.19. The minimum absolute atomic E-state index is 0. The molecule has 1 heterocycles. The first-order chi connectivity index (χ1) is 8.63. The molecule has 1 atom stereocenters. The van der Waals surface area contributed by atoms with Crippen LogP contribution in [0.2, 0.25) is 0 Å². The Morgan fingerprint density at radius 1 is 1.47 bits per heavy atom. The number of carbonyl (C=O) groups is 1. The number of ether oxygens (including phenoxy) is 2. The summed E-state index contributed by atoms with van der Waals surface area (Å²) in [5, 5.41) is 0. The van der Waals surface area contributed by atoms with Crippen molar-refractivity contribution in [3.8, 4) is 0 Å². The molecule has 0 bridgehead atoms. The number of esters is 1. The Balaban J connectivity index is 0.000000331. The van der Waals surface area contributed by atoms with Gasteiger partial charge in [0.1, 0.15) is 12.7 Å². The van der Waals surface area contributed by atoms with Gasteiger partial charge in [0.2, 0.25) is 0 Å². The van der Waals surface area contributed by atoms with Gasteiger partial charge in [-0.2, -0.15) is 0 Å². The highest BCUT2D eigenvalue weighted by atomic mass is 79.9. The summed E-state index contributed by atoms with van der Waals surface area (Å²) in [5.41, 5.74) is 1.60. The van der Waals surface area contributed by atoms with Gasteiger partial charge in [-0.3, -0.25) is 0 Å². The van der Waals surface area contributed by atoms with Crippen molar-refractivity contribution in [2.45, 2.75) is 13.0 Å². The second-order valence-corrected chi connectivity index (χ2v) is 3.95. The van der Waals surface area contributed by atoms with E-state index in [4.69, 9.17) is 9.47 Å². The molecule has 1 aliphatic rings. The molecule has 0 saturated carbocycles. The van der Waals surface area contributed by atoms with Gasteiger partial charge in [0.25, 0.3) is 0 Å². The summed E-state index contributed by atoms with van der Waals surface area (Å²) in [7, 11) is 0. The Kier molecular flexibility index (Phi) is 8.83. The fourth-order valence-electron chi connectivity index (χ4n) is 1.05. The van der Waals surface area contributed by atoms with Gasteiger partial charge in [0, 0.05) is 5.57 Å². The van der Waals surface area contributed by atoms with Crippen LogP contribution in [0, 0.1) is 0 Å². The lowest BCUT2D eigenvalue weighted by molar-refractivity contribution is -0.139. The molecular formula is C15H19BrO3. The molecule has 0 spiro atoms. The molecule has 2 rings (SSSR count). The van der Waals surface area contributed by atoms with Crippen LogP contribution < -0.4 is 0 Å². The third-order valence-electron chi connectivity index (χ3n) is 2.19. The Hall–Kier alpha value is -1.39. The standard InChI is InChI=1S/C8H8.C7H10O3.BrH/c1-2-8-6-4-3-5-7-8;1-5(2)7(8)10-4-6-3-9-6;/h2-7H,1H2;6H,1,3-4H2,2H3;1H. The number of carbonyl (C=O) groups excluding carboxylic acids is 1. The van der Waals surface area contributed by atoms with Crippen LogP contribution in [0.5, 0.6) is 0 Å². The van der Waals surface area contributed by atoms with Crippen LogP contribution in [0.3, 0.4) is 0 Å². The highest BCUT2D eigenvalue weighted by Crippen LogP contribution is 2.09. The van der Waals surface area contributed by atoms with E-state index in [0.717, 1.165) is 0 Å². The molecule has 0 aliphatic carbocycles. The molecule has 4 heteroatoms. The molecule has 1 aromatic rings. The van der Waals surface area contributed by atoms with Gasteiger partial charge < -0.3 is 9.47 Å². The minimum atomic E-state index is -0.337. The predicted molar refractivity (Wildman–Crippen MR) is 82.4 cm³/mol. The van der Waals surface area contributed by atoms with Crippen LogP contribution in [0.25, 0.3) is 6.08 Å². The van der Waals surface area contributed by atoms with E-state index < -0.39 is 0 Å². The third kappa shape index (κ3) is 8.35. The lowest BCUT2D eigenvalue weighted by Gasteiger charge is -1.99. The molecule has 0 N–H and O–H groups in total. The van der Waals surface area contributed by atoms with Gasteiger partial charge in [-0.05, 0) is 12.5 Å². The van der Waals surface area contributed by atoms with Gasteiger partial charge in [-0.15, -0.1) is 17.0 Å². The molecule has 1 aromatic carbocycles. The van der Waals surface area contributed by atoms with E-state index >= 15 is 0 Å². The van der Waals surface area contributed by atoms with Crippen LogP contribution in [0.4, 0.5) is 0 Å². The van der Waals surface area contributed by atoms with E-state index in [1.54, 1.807) is 6.92 Å². The maximum absolute atomic E-state index is 10.7. The first-order valence-electron chi connectivity index (χ1n) is 5.75. The maximum atomic E-state index is 10.7. The second kappa shape index (κ2) is 9.53. The van der Waals surface area contributed by atoms with Crippen molar-refractivity contribution in [3.63, 3.8) is 0 Å². The quantitative estimate of drug-likeness (QED) is 0.483. The lowest BCUT2D eigenvalue weighted by atomic mass is 10.2. The highest BCUT2D eigenvalue weighted by Gasteiger charge is 2.24. The molecule has 1 aliphatic heterocycles. The summed E-state index contributed by atoms with van der Waals surface area (Å²) in [6, 6.07) is 10.0. The fraction of sp³-hybridized carbons (Fsp3) is 0.267. The van der Waals surface area contributed by atoms with E-state index in [0.29, 0.717) is 18.8 Å². The van der Waals surface area contributed by atoms with Crippen LogP contribution >= 0.6 is 17.0 Å². The first kappa shape index (κ1) is 17.6. The smallest absolute Gasteiger partial charge is 0.333 e. The van der Waals surface area contributed by atoms with Crippen molar-refractivity contribution in [1.82, 2.24) is 0 Å². The average molecular weight is 327 g/mol. The van der Waals surface area contributed by atoms with E-state index in [-0.39, 0.29) is 29.1 Å². The average Bonchev–Trinajstić information content (AvgIpc) is 3.21. The van der Waals surface area contributed by atoms with Gasteiger partial charge >= 0.3 is 5.97 Å².